The molecule has 11 rings (SSSR count). The van der Waals surface area contributed by atoms with Gasteiger partial charge in [-0.2, -0.15) is 0 Å². The molecule has 3 heterocycles. The molecule has 11 aromatic rings. The Kier molecular flexibility index (Phi) is 6.22. The van der Waals surface area contributed by atoms with Gasteiger partial charge in [0, 0.05) is 38.2 Å². The van der Waals surface area contributed by atoms with Gasteiger partial charge in [0.25, 0.3) is 0 Å². The first kappa shape index (κ1) is 28.8. The summed E-state index contributed by atoms with van der Waals surface area (Å²) in [4.78, 5) is 10.9. The van der Waals surface area contributed by atoms with E-state index in [0.29, 0.717) is 0 Å². The zero-order valence-corrected chi connectivity index (χ0v) is 28.1. The summed E-state index contributed by atoms with van der Waals surface area (Å²) < 4.78 is 4.76. The Hall–Kier alpha value is -7.04. The van der Waals surface area contributed by atoms with Crippen LogP contribution in [0.25, 0.3) is 99.3 Å². The summed E-state index contributed by atoms with van der Waals surface area (Å²) in [5.41, 5.74) is 11.5. The third-order valence-electron chi connectivity index (χ3n) is 10.5. The minimum absolute atomic E-state index is 0.805. The molecule has 0 aliphatic heterocycles. The Labute approximate surface area is 299 Å². The van der Waals surface area contributed by atoms with Crippen molar-refractivity contribution in [3.8, 4) is 33.9 Å². The number of fused-ring (bicyclic) bond motifs is 9. The first-order chi connectivity index (χ1) is 25.8. The minimum atomic E-state index is 0.805. The molecule has 242 valence electrons. The van der Waals surface area contributed by atoms with Crippen molar-refractivity contribution in [3.63, 3.8) is 0 Å². The van der Waals surface area contributed by atoms with Crippen molar-refractivity contribution in [1.29, 1.82) is 0 Å². The fourth-order valence-electron chi connectivity index (χ4n) is 8.14. The molecule has 0 bridgehead atoms. The predicted molar refractivity (Wildman–Crippen MR) is 217 cm³/mol. The van der Waals surface area contributed by atoms with Crippen LogP contribution in [-0.2, 0) is 0 Å². The Morgan fingerprint density at radius 3 is 1.73 bits per heavy atom. The molecule has 0 saturated carbocycles. The van der Waals surface area contributed by atoms with E-state index in [4.69, 9.17) is 9.97 Å². The van der Waals surface area contributed by atoms with Gasteiger partial charge in [-0.25, -0.2) is 9.97 Å². The van der Waals surface area contributed by atoms with Crippen LogP contribution in [0.2, 0.25) is 0 Å². The summed E-state index contributed by atoms with van der Waals surface area (Å²) in [6.45, 7) is 0. The number of rotatable bonds is 4. The maximum absolute atomic E-state index is 5.49. The second kappa shape index (κ2) is 11.2. The van der Waals surface area contributed by atoms with Gasteiger partial charge >= 0.3 is 0 Å². The first-order valence-corrected chi connectivity index (χ1v) is 17.7. The fourth-order valence-corrected chi connectivity index (χ4v) is 8.14. The van der Waals surface area contributed by atoms with Gasteiger partial charge in [0.2, 0.25) is 0 Å². The molecule has 4 heteroatoms. The second-order valence-corrected chi connectivity index (χ2v) is 13.4. The van der Waals surface area contributed by atoms with E-state index in [0.717, 1.165) is 50.4 Å². The molecule has 0 radical (unpaired) electrons. The third kappa shape index (κ3) is 4.28. The molecule has 3 aromatic heterocycles. The fraction of sp³-hybridized carbons (Fsp3) is 0. The van der Waals surface area contributed by atoms with Crippen LogP contribution in [-0.4, -0.2) is 19.1 Å². The molecular formula is C48H30N4. The van der Waals surface area contributed by atoms with Crippen molar-refractivity contribution in [2.45, 2.75) is 0 Å². The molecule has 0 aliphatic carbocycles. The van der Waals surface area contributed by atoms with Crippen molar-refractivity contribution in [3.05, 3.63) is 182 Å². The van der Waals surface area contributed by atoms with Crippen molar-refractivity contribution in [1.82, 2.24) is 19.1 Å². The van der Waals surface area contributed by atoms with Crippen LogP contribution in [0.5, 0.6) is 0 Å². The van der Waals surface area contributed by atoms with Gasteiger partial charge in [0.1, 0.15) is 5.69 Å². The van der Waals surface area contributed by atoms with E-state index in [9.17, 15) is 0 Å². The van der Waals surface area contributed by atoms with Crippen LogP contribution >= 0.6 is 0 Å². The number of hydrogen-bond donors (Lipinski definition) is 0. The molecule has 0 aliphatic rings. The van der Waals surface area contributed by atoms with Crippen LogP contribution in [0.15, 0.2) is 182 Å². The number of nitrogens with zero attached hydrogens (tertiary/aromatic N) is 4. The van der Waals surface area contributed by atoms with Crippen LogP contribution < -0.4 is 0 Å². The highest BCUT2D eigenvalue weighted by atomic mass is 15.1. The average molecular weight is 663 g/mol. The van der Waals surface area contributed by atoms with Gasteiger partial charge in [0.05, 0.1) is 33.1 Å². The molecule has 0 spiro atoms. The van der Waals surface area contributed by atoms with Gasteiger partial charge in [0.15, 0.2) is 5.82 Å². The number of para-hydroxylation sites is 4. The highest BCUT2D eigenvalue weighted by molar-refractivity contribution is 6.19. The quantitative estimate of drug-likeness (QED) is 0.188. The molecule has 0 atom stereocenters. The number of hydrogen-bond acceptors (Lipinski definition) is 2. The van der Waals surface area contributed by atoms with E-state index >= 15 is 0 Å². The van der Waals surface area contributed by atoms with Crippen molar-refractivity contribution >= 4 is 65.4 Å². The van der Waals surface area contributed by atoms with Crippen molar-refractivity contribution < 1.29 is 0 Å². The molecule has 0 fully saturated rings. The monoisotopic (exact) mass is 662 g/mol. The molecule has 0 N–H and O–H groups in total. The van der Waals surface area contributed by atoms with Crippen LogP contribution in [0.4, 0.5) is 0 Å². The second-order valence-electron chi connectivity index (χ2n) is 13.4. The molecule has 0 saturated heterocycles. The predicted octanol–water partition coefficient (Wildman–Crippen LogP) is 12.3. The first-order valence-electron chi connectivity index (χ1n) is 17.7. The van der Waals surface area contributed by atoms with Gasteiger partial charge < -0.3 is 4.57 Å². The van der Waals surface area contributed by atoms with Gasteiger partial charge in [-0.3, -0.25) is 4.57 Å². The number of aromatic nitrogens is 4. The highest BCUT2D eigenvalue weighted by Gasteiger charge is 2.22. The Balaban J connectivity index is 1.28. The topological polar surface area (TPSA) is 35.6 Å². The molecule has 0 unspecified atom stereocenters. The van der Waals surface area contributed by atoms with Gasteiger partial charge in [-0.05, 0) is 59.0 Å². The lowest BCUT2D eigenvalue weighted by molar-refractivity contribution is 1.08. The van der Waals surface area contributed by atoms with E-state index in [-0.39, 0.29) is 0 Å². The summed E-state index contributed by atoms with van der Waals surface area (Å²) in [7, 11) is 0. The van der Waals surface area contributed by atoms with E-state index < -0.39 is 0 Å². The maximum atomic E-state index is 5.49. The zero-order valence-electron chi connectivity index (χ0n) is 28.1. The number of benzene rings is 8. The van der Waals surface area contributed by atoms with Crippen molar-refractivity contribution in [2.75, 3.05) is 0 Å². The zero-order chi connectivity index (χ0) is 34.2. The van der Waals surface area contributed by atoms with E-state index in [2.05, 4.69) is 179 Å². The van der Waals surface area contributed by atoms with Crippen LogP contribution in [0.1, 0.15) is 0 Å². The lowest BCUT2D eigenvalue weighted by Crippen LogP contribution is -2.04. The van der Waals surface area contributed by atoms with Crippen molar-refractivity contribution in [2.24, 2.45) is 0 Å². The Morgan fingerprint density at radius 1 is 0.346 bits per heavy atom. The van der Waals surface area contributed by atoms with Gasteiger partial charge in [-0.15, -0.1) is 0 Å². The molecule has 52 heavy (non-hydrogen) atoms. The average Bonchev–Trinajstić information content (AvgIpc) is 3.73. The summed E-state index contributed by atoms with van der Waals surface area (Å²) in [6.07, 6.45) is 0. The van der Waals surface area contributed by atoms with Crippen LogP contribution in [0, 0.1) is 0 Å². The summed E-state index contributed by atoms with van der Waals surface area (Å²) >= 11 is 0. The molecule has 4 nitrogen and oxygen atoms in total. The van der Waals surface area contributed by atoms with E-state index in [1.807, 2.05) is 12.1 Å². The Morgan fingerprint density at radius 2 is 0.942 bits per heavy atom. The normalized spacial score (nSPS) is 11.8. The Bertz CT molecular complexity index is 3130. The summed E-state index contributed by atoms with van der Waals surface area (Å²) in [5.74, 6) is 0.805. The SMILES string of the molecule is c1ccc(-c2cccc(-c3nc4ccccc4nc3-n3c4cc(-n5c6ccccc6c6ccccc65)ccc4c4ccc5ccccc5c43)c2)cc1. The minimum Gasteiger partial charge on any atom is -0.309 e. The molecular weight excluding hydrogens is 633 g/mol. The lowest BCUT2D eigenvalue weighted by atomic mass is 10.0. The van der Waals surface area contributed by atoms with Crippen LogP contribution in [0.3, 0.4) is 0 Å². The van der Waals surface area contributed by atoms with Gasteiger partial charge in [-0.1, -0.05) is 140 Å². The maximum Gasteiger partial charge on any atom is 0.165 e. The van der Waals surface area contributed by atoms with E-state index in [1.54, 1.807) is 0 Å². The molecule has 8 aromatic carbocycles. The lowest BCUT2D eigenvalue weighted by Gasteiger charge is -2.16. The third-order valence-corrected chi connectivity index (χ3v) is 10.5. The standard InChI is InChI=1S/C48H30N4/c1-2-13-31(14-3-1)33-16-12-17-34(29-33)46-48(50-42-22-9-8-21-41(42)49-46)52-45-30-35(51-43-23-10-6-19-37(43)38-20-7-11-24-44(38)51)26-28-39(45)40-27-25-32-15-4-5-18-36(32)47(40)52/h1-30H. The summed E-state index contributed by atoms with van der Waals surface area (Å²) in [6, 6.07) is 64.8. The highest BCUT2D eigenvalue weighted by Crippen LogP contribution is 2.41. The molecule has 0 amide bonds. The smallest absolute Gasteiger partial charge is 0.165 e. The summed E-state index contributed by atoms with van der Waals surface area (Å²) in [5, 5.41) is 7.19. The largest absolute Gasteiger partial charge is 0.309 e. The van der Waals surface area contributed by atoms with E-state index in [1.165, 1.54) is 48.9 Å².